The number of hydrogen-bond donors (Lipinski definition) is 2. The summed E-state index contributed by atoms with van der Waals surface area (Å²) in [4.78, 5) is 38.1. The molecule has 0 aromatic carbocycles. The zero-order chi connectivity index (χ0) is 21.5. The molecule has 2 aliphatic rings. The molecule has 1 atom stereocenters. The molecule has 2 N–H and O–H groups in total. The van der Waals surface area contributed by atoms with Crippen molar-refractivity contribution in [2.75, 3.05) is 29.9 Å². The van der Waals surface area contributed by atoms with Crippen molar-refractivity contribution in [3.8, 4) is 0 Å². The Morgan fingerprint density at radius 3 is 2.57 bits per heavy atom. The Morgan fingerprint density at radius 2 is 1.93 bits per heavy atom. The van der Waals surface area contributed by atoms with E-state index in [0.717, 1.165) is 47.9 Å². The van der Waals surface area contributed by atoms with Crippen LogP contribution in [0.2, 0.25) is 0 Å². The number of aryl methyl sites for hydroxylation is 2. The first-order valence-electron chi connectivity index (χ1n) is 10.3. The van der Waals surface area contributed by atoms with Gasteiger partial charge in [-0.3, -0.25) is 19.6 Å². The van der Waals surface area contributed by atoms with Crippen LogP contribution in [0, 0.1) is 13.8 Å². The van der Waals surface area contributed by atoms with Crippen LogP contribution in [0.4, 0.5) is 15.6 Å². The SMILES string of the molecule is CC(=O)Nc1ncc(C(C)N2CCC3(CC2)CN(c2cc(C)nc(C)c2)C(=O)N3)s1. The van der Waals surface area contributed by atoms with Crippen molar-refractivity contribution in [3.05, 3.63) is 34.6 Å². The number of carbonyl (C=O) groups excluding carboxylic acids is 2. The summed E-state index contributed by atoms with van der Waals surface area (Å²) in [5.74, 6) is -0.107. The average molecular weight is 429 g/mol. The molecule has 2 saturated heterocycles. The average Bonchev–Trinajstić information content (AvgIpc) is 3.25. The van der Waals surface area contributed by atoms with E-state index in [1.807, 2.05) is 37.1 Å². The van der Waals surface area contributed by atoms with Gasteiger partial charge < -0.3 is 10.6 Å². The van der Waals surface area contributed by atoms with Crippen LogP contribution < -0.4 is 15.5 Å². The van der Waals surface area contributed by atoms with E-state index in [0.29, 0.717) is 11.7 Å². The van der Waals surface area contributed by atoms with Crippen LogP contribution in [0.25, 0.3) is 0 Å². The molecular weight excluding hydrogens is 400 g/mol. The lowest BCUT2D eigenvalue weighted by Crippen LogP contribution is -2.52. The van der Waals surface area contributed by atoms with Gasteiger partial charge in [-0.1, -0.05) is 0 Å². The fraction of sp³-hybridized carbons (Fsp3) is 0.524. The Balaban J connectivity index is 1.41. The fourth-order valence-corrected chi connectivity index (χ4v) is 5.32. The molecule has 0 aliphatic carbocycles. The molecule has 1 spiro atoms. The highest BCUT2D eigenvalue weighted by molar-refractivity contribution is 7.15. The second kappa shape index (κ2) is 7.96. The minimum Gasteiger partial charge on any atom is -0.330 e. The summed E-state index contributed by atoms with van der Waals surface area (Å²) in [6, 6.07) is 4.14. The normalized spacial score (nSPS) is 19.7. The van der Waals surface area contributed by atoms with Crippen molar-refractivity contribution >= 4 is 34.1 Å². The van der Waals surface area contributed by atoms with Gasteiger partial charge in [-0.25, -0.2) is 9.78 Å². The number of carbonyl (C=O) groups is 2. The van der Waals surface area contributed by atoms with Gasteiger partial charge in [0.15, 0.2) is 5.13 Å². The van der Waals surface area contributed by atoms with E-state index in [4.69, 9.17) is 0 Å². The number of thiazole rings is 1. The summed E-state index contributed by atoms with van der Waals surface area (Å²) in [7, 11) is 0. The third kappa shape index (κ3) is 4.17. The summed E-state index contributed by atoms with van der Waals surface area (Å²) >= 11 is 1.52. The molecule has 1 unspecified atom stereocenters. The van der Waals surface area contributed by atoms with Gasteiger partial charge in [0, 0.05) is 54.2 Å². The van der Waals surface area contributed by atoms with E-state index < -0.39 is 0 Å². The van der Waals surface area contributed by atoms with Crippen molar-refractivity contribution in [1.82, 2.24) is 20.2 Å². The molecule has 160 valence electrons. The van der Waals surface area contributed by atoms with E-state index in [9.17, 15) is 9.59 Å². The smallest absolute Gasteiger partial charge is 0.322 e. The van der Waals surface area contributed by atoms with Crippen molar-refractivity contribution < 1.29 is 9.59 Å². The Kier molecular flexibility index (Phi) is 5.50. The molecule has 2 fully saturated rings. The van der Waals surface area contributed by atoms with Gasteiger partial charge in [0.25, 0.3) is 0 Å². The number of anilines is 2. The number of aromatic nitrogens is 2. The highest BCUT2D eigenvalue weighted by Gasteiger charge is 2.45. The predicted octanol–water partition coefficient (Wildman–Crippen LogP) is 3.24. The van der Waals surface area contributed by atoms with Crippen LogP contribution in [0.5, 0.6) is 0 Å². The second-order valence-electron chi connectivity index (χ2n) is 8.37. The second-order valence-corrected chi connectivity index (χ2v) is 9.43. The number of nitrogens with one attached hydrogen (secondary N) is 2. The lowest BCUT2D eigenvalue weighted by atomic mass is 9.87. The van der Waals surface area contributed by atoms with E-state index in [-0.39, 0.29) is 23.5 Å². The molecule has 3 amide bonds. The zero-order valence-electron chi connectivity index (χ0n) is 17.9. The summed E-state index contributed by atoms with van der Waals surface area (Å²) in [6.07, 6.45) is 3.65. The molecule has 0 saturated carbocycles. The van der Waals surface area contributed by atoms with Crippen LogP contribution in [0.1, 0.15) is 49.0 Å². The van der Waals surface area contributed by atoms with Gasteiger partial charge >= 0.3 is 6.03 Å². The maximum Gasteiger partial charge on any atom is 0.322 e. The van der Waals surface area contributed by atoms with Crippen LogP contribution in [-0.2, 0) is 4.79 Å². The third-order valence-corrected chi connectivity index (χ3v) is 7.06. The topological polar surface area (TPSA) is 90.5 Å². The monoisotopic (exact) mass is 428 g/mol. The zero-order valence-corrected chi connectivity index (χ0v) is 18.7. The first-order chi connectivity index (χ1) is 14.2. The summed E-state index contributed by atoms with van der Waals surface area (Å²) in [5, 5.41) is 6.65. The Hall–Kier alpha value is -2.52. The molecule has 0 radical (unpaired) electrons. The maximum absolute atomic E-state index is 12.7. The minimum atomic E-state index is -0.187. The van der Waals surface area contributed by atoms with Gasteiger partial charge in [-0.05, 0) is 45.7 Å². The minimum absolute atomic E-state index is 0.0242. The molecule has 2 aromatic rings. The molecule has 0 bridgehead atoms. The third-order valence-electron chi connectivity index (χ3n) is 5.98. The maximum atomic E-state index is 12.7. The van der Waals surface area contributed by atoms with Gasteiger partial charge in [-0.15, -0.1) is 11.3 Å². The molecule has 4 rings (SSSR count). The van der Waals surface area contributed by atoms with E-state index in [1.165, 1.54) is 18.3 Å². The predicted molar refractivity (Wildman–Crippen MR) is 118 cm³/mol. The van der Waals surface area contributed by atoms with Gasteiger partial charge in [0.1, 0.15) is 0 Å². The molecule has 2 aromatic heterocycles. The van der Waals surface area contributed by atoms with Crippen LogP contribution >= 0.6 is 11.3 Å². The summed E-state index contributed by atoms with van der Waals surface area (Å²) in [6.45, 7) is 10.1. The lowest BCUT2D eigenvalue weighted by molar-refractivity contribution is -0.114. The Labute approximate surface area is 180 Å². The molecule has 4 heterocycles. The first kappa shape index (κ1) is 20.7. The quantitative estimate of drug-likeness (QED) is 0.780. The molecule has 8 nitrogen and oxygen atoms in total. The molecule has 30 heavy (non-hydrogen) atoms. The van der Waals surface area contributed by atoms with E-state index in [2.05, 4.69) is 32.4 Å². The lowest BCUT2D eigenvalue weighted by Gasteiger charge is -2.41. The van der Waals surface area contributed by atoms with Gasteiger partial charge in [0.2, 0.25) is 5.91 Å². The van der Waals surface area contributed by atoms with Gasteiger partial charge in [0.05, 0.1) is 12.1 Å². The van der Waals surface area contributed by atoms with Crippen molar-refractivity contribution in [3.63, 3.8) is 0 Å². The van der Waals surface area contributed by atoms with Crippen molar-refractivity contribution in [2.45, 2.75) is 52.1 Å². The number of amides is 3. The summed E-state index contributed by atoms with van der Waals surface area (Å²) in [5.41, 5.74) is 2.57. The first-order valence-corrected chi connectivity index (χ1v) is 11.1. The molecule has 9 heteroatoms. The Morgan fingerprint density at radius 1 is 1.27 bits per heavy atom. The van der Waals surface area contributed by atoms with Crippen molar-refractivity contribution in [1.29, 1.82) is 0 Å². The number of urea groups is 1. The number of likely N-dealkylation sites (tertiary alicyclic amines) is 1. The van der Waals surface area contributed by atoms with Crippen LogP contribution in [-0.4, -0.2) is 52.0 Å². The number of nitrogens with zero attached hydrogens (tertiary/aromatic N) is 4. The number of piperidine rings is 1. The summed E-state index contributed by atoms with van der Waals surface area (Å²) < 4.78 is 0. The van der Waals surface area contributed by atoms with E-state index in [1.54, 1.807) is 0 Å². The van der Waals surface area contributed by atoms with Crippen LogP contribution in [0.15, 0.2) is 18.3 Å². The van der Waals surface area contributed by atoms with E-state index >= 15 is 0 Å². The highest BCUT2D eigenvalue weighted by atomic mass is 32.1. The van der Waals surface area contributed by atoms with Crippen LogP contribution in [0.3, 0.4) is 0 Å². The largest absolute Gasteiger partial charge is 0.330 e. The Bertz CT molecular complexity index is 946. The number of pyridine rings is 1. The van der Waals surface area contributed by atoms with Crippen molar-refractivity contribution in [2.24, 2.45) is 0 Å². The van der Waals surface area contributed by atoms with Gasteiger partial charge in [-0.2, -0.15) is 0 Å². The standard InChI is InChI=1S/C21H28N6O2S/c1-13-9-17(10-14(2)23-13)27-12-21(25-20(27)29)5-7-26(8-6-21)15(3)18-11-22-19(30-18)24-16(4)28/h9-11,15H,5-8,12H2,1-4H3,(H,25,29)(H,22,24,28). The highest BCUT2D eigenvalue weighted by Crippen LogP contribution is 2.36. The molecule has 2 aliphatic heterocycles. The number of rotatable bonds is 4. The fourth-order valence-electron chi connectivity index (χ4n) is 4.38. The molecular formula is C21H28N6O2S. The number of hydrogen-bond acceptors (Lipinski definition) is 6.